The Kier molecular flexibility index (Phi) is 4.93. The summed E-state index contributed by atoms with van der Waals surface area (Å²) < 4.78 is 20.6. The molecule has 0 saturated carbocycles. The molecule has 0 bridgehead atoms. The minimum absolute atomic E-state index is 0.0703. The van der Waals surface area contributed by atoms with Crippen LogP contribution in [0.25, 0.3) is 0 Å². The lowest BCUT2D eigenvalue weighted by Gasteiger charge is -2.36. The summed E-state index contributed by atoms with van der Waals surface area (Å²) in [5.41, 5.74) is 0.864. The first-order valence-corrected chi connectivity index (χ1v) is 10.0. The van der Waals surface area contributed by atoms with Crippen LogP contribution in [-0.2, 0) is 34.0 Å². The molecule has 3 rings (SSSR count). The highest BCUT2D eigenvalue weighted by atomic mass is 32.2. The summed E-state index contributed by atoms with van der Waals surface area (Å²) in [5, 5.41) is 4.37. The van der Waals surface area contributed by atoms with E-state index in [-0.39, 0.29) is 31.3 Å². The van der Waals surface area contributed by atoms with Crippen LogP contribution < -0.4 is 4.90 Å². The topological polar surface area (TPSA) is 94.0 Å². The summed E-state index contributed by atoms with van der Waals surface area (Å²) in [5.74, 6) is -0.126. The van der Waals surface area contributed by atoms with Crippen LogP contribution in [0.1, 0.15) is 33.4 Å². The molecule has 0 aromatic carbocycles. The number of ether oxygens (including phenoxy) is 1. The van der Waals surface area contributed by atoms with Gasteiger partial charge in [-0.25, -0.2) is 4.79 Å². The molecule has 1 aromatic heterocycles. The number of hydrogen-bond acceptors (Lipinski definition) is 6. The van der Waals surface area contributed by atoms with Crippen molar-refractivity contribution in [3.63, 3.8) is 0 Å². The molecule has 10 heteroatoms. The van der Waals surface area contributed by atoms with Gasteiger partial charge in [0.1, 0.15) is 25.1 Å². The smallest absolute Gasteiger partial charge is 0.410 e. The van der Waals surface area contributed by atoms with E-state index in [1.54, 1.807) is 26.6 Å². The first-order chi connectivity index (χ1) is 12.1. The normalized spacial score (nSPS) is 22.5. The largest absolute Gasteiger partial charge is 0.598 e. The van der Waals surface area contributed by atoms with Crippen LogP contribution in [0.3, 0.4) is 0 Å². The molecule has 0 radical (unpaired) electrons. The molecular formula is C16H25N5O4S. The lowest BCUT2D eigenvalue weighted by Crippen LogP contribution is -2.47. The van der Waals surface area contributed by atoms with Crippen molar-refractivity contribution in [1.82, 2.24) is 19.0 Å². The highest BCUT2D eigenvalue weighted by molar-refractivity contribution is 7.88. The summed E-state index contributed by atoms with van der Waals surface area (Å²) in [6.45, 7) is 8.64. The van der Waals surface area contributed by atoms with Gasteiger partial charge < -0.3 is 9.29 Å². The predicted octanol–water partition coefficient (Wildman–Crippen LogP) is 0.922. The maximum absolute atomic E-state index is 12.5. The molecule has 2 atom stereocenters. The predicted molar refractivity (Wildman–Crippen MR) is 96.6 cm³/mol. The third-order valence-electron chi connectivity index (χ3n) is 4.41. The van der Waals surface area contributed by atoms with Crippen LogP contribution in [-0.4, -0.2) is 66.7 Å². The fourth-order valence-corrected chi connectivity index (χ4v) is 3.65. The van der Waals surface area contributed by atoms with Crippen molar-refractivity contribution in [1.29, 1.82) is 0 Å². The van der Waals surface area contributed by atoms with Crippen LogP contribution >= 0.6 is 0 Å². The van der Waals surface area contributed by atoms with Crippen molar-refractivity contribution in [2.24, 2.45) is 0 Å². The van der Waals surface area contributed by atoms with Crippen LogP contribution in [0.5, 0.6) is 0 Å². The standard InChI is InChI=1S/C16H25N5O4S/c1-11-7-21-13(8-19(11)15(23)25-16(2,3)4)12(6-17-21)20-10-18(26(5)24)9-14(20)22/h6,11H,7-10H2,1-5H3/t11-,26?/m0/s1. The molecule has 144 valence electrons. The number of carbonyl (C=O) groups is 2. The van der Waals surface area contributed by atoms with E-state index < -0.39 is 17.0 Å². The number of fused-ring (bicyclic) bond motifs is 1. The summed E-state index contributed by atoms with van der Waals surface area (Å²) in [6, 6.07) is -0.0703. The molecule has 2 aliphatic rings. The molecule has 2 amide bonds. The molecule has 1 fully saturated rings. The highest BCUT2D eigenvalue weighted by Crippen LogP contribution is 2.30. The first-order valence-electron chi connectivity index (χ1n) is 8.50. The Balaban J connectivity index is 1.83. The van der Waals surface area contributed by atoms with E-state index in [0.29, 0.717) is 18.8 Å². The van der Waals surface area contributed by atoms with Crippen LogP contribution in [0, 0.1) is 0 Å². The molecule has 0 N–H and O–H groups in total. The number of rotatable bonds is 2. The number of hydrogen-bond donors (Lipinski definition) is 0. The molecule has 3 heterocycles. The maximum atomic E-state index is 12.5. The van der Waals surface area contributed by atoms with Gasteiger partial charge in [-0.1, -0.05) is 4.31 Å². The number of nitrogens with zero attached hydrogens (tertiary/aromatic N) is 5. The Hall–Kier alpha value is -1.78. The summed E-state index contributed by atoms with van der Waals surface area (Å²) in [6.07, 6.45) is 2.81. The van der Waals surface area contributed by atoms with Gasteiger partial charge in [0.25, 0.3) is 0 Å². The average Bonchev–Trinajstić information content (AvgIpc) is 3.07. The minimum Gasteiger partial charge on any atom is -0.598 e. The fraction of sp³-hybridized carbons (Fsp3) is 0.688. The van der Waals surface area contributed by atoms with Crippen LogP contribution in [0.4, 0.5) is 10.5 Å². The van der Waals surface area contributed by atoms with Gasteiger partial charge in [-0.15, -0.1) is 0 Å². The third kappa shape index (κ3) is 3.67. The number of aromatic nitrogens is 2. The Labute approximate surface area is 156 Å². The first kappa shape index (κ1) is 19.0. The third-order valence-corrected chi connectivity index (χ3v) is 5.38. The second kappa shape index (κ2) is 6.75. The van der Waals surface area contributed by atoms with E-state index in [0.717, 1.165) is 5.69 Å². The van der Waals surface area contributed by atoms with Gasteiger partial charge in [-0.05, 0) is 27.7 Å². The molecule has 26 heavy (non-hydrogen) atoms. The second-order valence-corrected chi connectivity index (χ2v) is 9.01. The zero-order chi connectivity index (χ0) is 19.2. The van der Waals surface area contributed by atoms with Gasteiger partial charge in [-0.3, -0.25) is 19.3 Å². The fourth-order valence-electron chi connectivity index (χ4n) is 3.08. The van der Waals surface area contributed by atoms with Crippen LogP contribution in [0.2, 0.25) is 0 Å². The molecule has 1 saturated heterocycles. The molecule has 9 nitrogen and oxygen atoms in total. The average molecular weight is 383 g/mol. The SMILES string of the molecule is C[C@H]1Cn2ncc(N3CN([S+](C)[O-])CC3=O)c2CN1C(=O)OC(C)(C)C. The molecule has 1 unspecified atom stereocenters. The van der Waals surface area contributed by atoms with E-state index in [2.05, 4.69) is 5.10 Å². The van der Waals surface area contributed by atoms with Crippen molar-refractivity contribution in [3.8, 4) is 0 Å². The summed E-state index contributed by atoms with van der Waals surface area (Å²) >= 11 is -1.22. The van der Waals surface area contributed by atoms with E-state index in [1.807, 2.05) is 32.4 Å². The van der Waals surface area contributed by atoms with E-state index in [4.69, 9.17) is 4.74 Å². The van der Waals surface area contributed by atoms with Crippen molar-refractivity contribution in [2.75, 3.05) is 24.4 Å². The van der Waals surface area contributed by atoms with Gasteiger partial charge >= 0.3 is 6.09 Å². The summed E-state index contributed by atoms with van der Waals surface area (Å²) in [4.78, 5) is 28.1. The zero-order valence-corrected chi connectivity index (χ0v) is 16.6. The Morgan fingerprint density at radius 3 is 2.65 bits per heavy atom. The van der Waals surface area contributed by atoms with Gasteiger partial charge in [0.15, 0.2) is 0 Å². The van der Waals surface area contributed by atoms with Crippen LogP contribution in [0.15, 0.2) is 6.20 Å². The number of carbonyl (C=O) groups excluding carboxylic acids is 2. The van der Waals surface area contributed by atoms with E-state index in [1.165, 1.54) is 0 Å². The van der Waals surface area contributed by atoms with Crippen molar-refractivity contribution >= 4 is 29.0 Å². The Bertz CT molecular complexity index is 714. The number of anilines is 1. The molecule has 0 spiro atoms. The summed E-state index contributed by atoms with van der Waals surface area (Å²) in [7, 11) is 0. The van der Waals surface area contributed by atoms with Crippen molar-refractivity contribution < 1.29 is 18.9 Å². The Morgan fingerprint density at radius 1 is 1.38 bits per heavy atom. The molecular weight excluding hydrogens is 358 g/mol. The quantitative estimate of drug-likeness (QED) is 0.705. The Morgan fingerprint density at radius 2 is 2.08 bits per heavy atom. The van der Waals surface area contributed by atoms with Crippen molar-refractivity contribution in [3.05, 3.63) is 11.9 Å². The zero-order valence-electron chi connectivity index (χ0n) is 15.8. The molecule has 0 aliphatic carbocycles. The van der Waals surface area contributed by atoms with E-state index >= 15 is 0 Å². The van der Waals surface area contributed by atoms with Gasteiger partial charge in [0.05, 0.1) is 36.7 Å². The number of amides is 2. The van der Waals surface area contributed by atoms with Gasteiger partial charge in [0, 0.05) is 11.4 Å². The molecule has 1 aromatic rings. The van der Waals surface area contributed by atoms with Gasteiger partial charge in [0.2, 0.25) is 5.91 Å². The van der Waals surface area contributed by atoms with E-state index in [9.17, 15) is 14.1 Å². The van der Waals surface area contributed by atoms with Gasteiger partial charge in [-0.2, -0.15) is 5.10 Å². The monoisotopic (exact) mass is 383 g/mol. The highest BCUT2D eigenvalue weighted by Gasteiger charge is 2.39. The minimum atomic E-state index is -1.22. The maximum Gasteiger partial charge on any atom is 0.410 e. The molecule has 2 aliphatic heterocycles. The van der Waals surface area contributed by atoms with Crippen molar-refractivity contribution in [2.45, 2.75) is 52.4 Å². The second-order valence-electron chi connectivity index (χ2n) is 7.64. The lowest BCUT2D eigenvalue weighted by molar-refractivity contribution is -0.116. The lowest BCUT2D eigenvalue weighted by atomic mass is 10.2.